The fourth-order valence-electron chi connectivity index (χ4n) is 1.98. The number of nitrogens with two attached hydrogens (primary N) is 1. The molecule has 1 rings (SSSR count). The molecule has 1 aromatic carbocycles. The Morgan fingerprint density at radius 2 is 1.48 bits per heavy atom. The third-order valence-electron chi connectivity index (χ3n) is 2.85. The summed E-state index contributed by atoms with van der Waals surface area (Å²) in [5.74, 6) is -1.20. The van der Waals surface area contributed by atoms with E-state index in [1.807, 2.05) is 27.7 Å². The Hall–Kier alpha value is -2.77. The molecule has 0 fully saturated rings. The molecule has 0 saturated heterocycles. The summed E-state index contributed by atoms with van der Waals surface area (Å²) >= 11 is 0. The van der Waals surface area contributed by atoms with E-state index >= 15 is 0 Å². The minimum absolute atomic E-state index is 0.0245. The number of hydrogen-bond acceptors (Lipinski definition) is 5. The van der Waals surface area contributed by atoms with Gasteiger partial charge in [-0.05, 0) is 39.8 Å². The maximum Gasteiger partial charge on any atom is 0.258 e. The van der Waals surface area contributed by atoms with Crippen LogP contribution in [0.15, 0.2) is 18.2 Å². The first-order valence-electron chi connectivity index (χ1n) is 7.97. The number of hydrogen-bond donors (Lipinski definition) is 3. The van der Waals surface area contributed by atoms with Crippen LogP contribution in [0.3, 0.4) is 0 Å². The highest BCUT2D eigenvalue weighted by Crippen LogP contribution is 2.31. The summed E-state index contributed by atoms with van der Waals surface area (Å²) < 4.78 is 10.9. The highest BCUT2D eigenvalue weighted by atomic mass is 16.5. The molecular weight excluding hydrogens is 326 g/mol. The maximum absolute atomic E-state index is 11.7. The van der Waals surface area contributed by atoms with Crippen LogP contribution >= 0.6 is 0 Å². The Balaban J connectivity index is 2.89. The molecule has 0 spiro atoms. The van der Waals surface area contributed by atoms with Gasteiger partial charge < -0.3 is 25.8 Å². The maximum atomic E-state index is 11.7. The van der Waals surface area contributed by atoms with Gasteiger partial charge in [0.2, 0.25) is 0 Å². The van der Waals surface area contributed by atoms with Crippen LogP contribution in [-0.2, 0) is 9.59 Å². The minimum Gasteiger partial charge on any atom is -0.480 e. The van der Waals surface area contributed by atoms with Crippen LogP contribution in [0, 0.1) is 0 Å². The predicted octanol–water partition coefficient (Wildman–Crippen LogP) is 0.592. The lowest BCUT2D eigenvalue weighted by Crippen LogP contribution is -2.35. The summed E-state index contributed by atoms with van der Waals surface area (Å²) in [6.45, 7) is 6.72. The van der Waals surface area contributed by atoms with Gasteiger partial charge in [-0.1, -0.05) is 6.07 Å². The number of carbonyl (C=O) groups excluding carboxylic acids is 3. The van der Waals surface area contributed by atoms with E-state index in [0.717, 1.165) is 0 Å². The van der Waals surface area contributed by atoms with Crippen LogP contribution in [0.4, 0.5) is 0 Å². The van der Waals surface area contributed by atoms with Gasteiger partial charge in [0.05, 0.1) is 5.56 Å². The second-order valence-electron chi connectivity index (χ2n) is 6.02. The van der Waals surface area contributed by atoms with Gasteiger partial charge in [0.1, 0.15) is 0 Å². The van der Waals surface area contributed by atoms with Gasteiger partial charge in [0, 0.05) is 12.1 Å². The summed E-state index contributed by atoms with van der Waals surface area (Å²) in [6.07, 6.45) is 0. The number of rotatable bonds is 9. The molecule has 0 radical (unpaired) electrons. The van der Waals surface area contributed by atoms with Crippen molar-refractivity contribution in [3.05, 3.63) is 23.8 Å². The van der Waals surface area contributed by atoms with E-state index < -0.39 is 5.91 Å². The summed E-state index contributed by atoms with van der Waals surface area (Å²) in [5.41, 5.74) is 5.41. The van der Waals surface area contributed by atoms with E-state index in [1.54, 1.807) is 6.07 Å². The van der Waals surface area contributed by atoms with Crippen molar-refractivity contribution >= 4 is 17.7 Å². The quantitative estimate of drug-likeness (QED) is 0.601. The van der Waals surface area contributed by atoms with Crippen molar-refractivity contribution in [3.63, 3.8) is 0 Å². The highest BCUT2D eigenvalue weighted by Gasteiger charge is 2.18. The summed E-state index contributed by atoms with van der Waals surface area (Å²) in [7, 11) is 0. The van der Waals surface area contributed by atoms with Gasteiger partial charge in [-0.25, -0.2) is 0 Å². The van der Waals surface area contributed by atoms with Crippen molar-refractivity contribution < 1.29 is 23.9 Å². The Morgan fingerprint density at radius 1 is 0.960 bits per heavy atom. The summed E-state index contributed by atoms with van der Waals surface area (Å²) in [6, 6.07) is 4.47. The van der Waals surface area contributed by atoms with Gasteiger partial charge in [0.15, 0.2) is 24.7 Å². The number of amides is 3. The first-order valence-corrected chi connectivity index (χ1v) is 7.97. The van der Waals surface area contributed by atoms with E-state index in [1.165, 1.54) is 12.1 Å². The van der Waals surface area contributed by atoms with Crippen LogP contribution in [0.1, 0.15) is 38.1 Å². The molecule has 8 nitrogen and oxygen atoms in total. The van der Waals surface area contributed by atoms with Crippen molar-refractivity contribution in [2.45, 2.75) is 39.8 Å². The van der Waals surface area contributed by atoms with E-state index in [9.17, 15) is 14.4 Å². The first-order chi connectivity index (χ1) is 11.7. The fourth-order valence-corrected chi connectivity index (χ4v) is 1.98. The first kappa shape index (κ1) is 20.3. The van der Waals surface area contributed by atoms with Gasteiger partial charge in [-0.15, -0.1) is 0 Å². The predicted molar refractivity (Wildman–Crippen MR) is 92.5 cm³/mol. The minimum atomic E-state index is -0.726. The molecule has 4 N–H and O–H groups in total. The Bertz CT molecular complexity index is 629. The van der Waals surface area contributed by atoms with Crippen LogP contribution < -0.4 is 25.8 Å². The van der Waals surface area contributed by atoms with Gasteiger partial charge in [-0.2, -0.15) is 0 Å². The largest absolute Gasteiger partial charge is 0.480 e. The van der Waals surface area contributed by atoms with Crippen molar-refractivity contribution in [1.82, 2.24) is 10.6 Å². The standard InChI is InChI=1S/C17H25N3O5/c1-10(2)19-14(21)8-24-13-7-5-6-12(17(18)23)16(13)25-9-15(22)20-11(3)4/h5-7,10-11H,8-9H2,1-4H3,(H2,18,23)(H,19,21)(H,20,22). The molecule has 0 aliphatic heterocycles. The number of ether oxygens (including phenoxy) is 2. The average Bonchev–Trinajstić information content (AvgIpc) is 2.49. The zero-order chi connectivity index (χ0) is 19.0. The molecule has 0 aromatic heterocycles. The van der Waals surface area contributed by atoms with E-state index in [-0.39, 0.29) is 54.2 Å². The van der Waals surface area contributed by atoms with E-state index in [2.05, 4.69) is 10.6 Å². The van der Waals surface area contributed by atoms with Crippen molar-refractivity contribution in [1.29, 1.82) is 0 Å². The topological polar surface area (TPSA) is 120 Å². The number of nitrogens with one attached hydrogen (secondary N) is 2. The van der Waals surface area contributed by atoms with Gasteiger partial charge in [0.25, 0.3) is 17.7 Å². The second-order valence-corrected chi connectivity index (χ2v) is 6.02. The van der Waals surface area contributed by atoms with Crippen LogP contribution in [0.5, 0.6) is 11.5 Å². The third kappa shape index (κ3) is 7.11. The number of primary amides is 1. The normalized spacial score (nSPS) is 10.5. The van der Waals surface area contributed by atoms with Crippen molar-refractivity contribution in [3.8, 4) is 11.5 Å². The summed E-state index contributed by atoms with van der Waals surface area (Å²) in [4.78, 5) is 35.0. The molecule has 0 aliphatic carbocycles. The lowest BCUT2D eigenvalue weighted by molar-refractivity contribution is -0.124. The number of benzene rings is 1. The molecule has 0 bridgehead atoms. The Kier molecular flexibility index (Phi) is 7.71. The summed E-state index contributed by atoms with van der Waals surface area (Å²) in [5, 5.41) is 5.35. The van der Waals surface area contributed by atoms with Crippen LogP contribution in [0.2, 0.25) is 0 Å². The highest BCUT2D eigenvalue weighted by molar-refractivity contribution is 5.96. The molecule has 138 valence electrons. The molecule has 0 aliphatic rings. The number of carbonyl (C=O) groups is 3. The fraction of sp³-hybridized carbons (Fsp3) is 0.471. The van der Waals surface area contributed by atoms with E-state index in [4.69, 9.17) is 15.2 Å². The lowest BCUT2D eigenvalue weighted by atomic mass is 10.1. The molecular formula is C17H25N3O5. The zero-order valence-electron chi connectivity index (χ0n) is 14.9. The molecule has 1 aromatic rings. The zero-order valence-corrected chi connectivity index (χ0v) is 14.9. The monoisotopic (exact) mass is 351 g/mol. The van der Waals surface area contributed by atoms with Gasteiger partial charge in [-0.3, -0.25) is 14.4 Å². The van der Waals surface area contributed by atoms with Gasteiger partial charge >= 0.3 is 0 Å². The Morgan fingerprint density at radius 3 is 1.96 bits per heavy atom. The molecule has 3 amide bonds. The number of para-hydroxylation sites is 1. The average molecular weight is 351 g/mol. The third-order valence-corrected chi connectivity index (χ3v) is 2.85. The lowest BCUT2D eigenvalue weighted by Gasteiger charge is -2.16. The smallest absolute Gasteiger partial charge is 0.258 e. The van der Waals surface area contributed by atoms with Crippen molar-refractivity contribution in [2.75, 3.05) is 13.2 Å². The van der Waals surface area contributed by atoms with Crippen LogP contribution in [0.25, 0.3) is 0 Å². The molecule has 0 atom stereocenters. The molecule has 8 heteroatoms. The molecule has 0 saturated carbocycles. The molecule has 25 heavy (non-hydrogen) atoms. The van der Waals surface area contributed by atoms with E-state index in [0.29, 0.717) is 0 Å². The SMILES string of the molecule is CC(C)NC(=O)COc1cccc(C(N)=O)c1OCC(=O)NC(C)C. The van der Waals surface area contributed by atoms with Crippen molar-refractivity contribution in [2.24, 2.45) is 5.73 Å². The van der Waals surface area contributed by atoms with Crippen LogP contribution in [-0.4, -0.2) is 43.0 Å². The molecule has 0 heterocycles. The second kappa shape index (κ2) is 9.51. The molecule has 0 unspecified atom stereocenters. The Labute approximate surface area is 147 Å².